The molecule has 0 aromatic heterocycles. The van der Waals surface area contributed by atoms with E-state index in [0.717, 1.165) is 16.4 Å². The second-order valence-corrected chi connectivity index (χ2v) is 5.70. The molecule has 1 unspecified atom stereocenters. The highest BCUT2D eigenvalue weighted by Gasteiger charge is 2.16. The standard InChI is InChI=1S/C13H18O3S/c1-9(2)13(8-14)17-10-3-4-11-12(7-10)16-6-5-15-11/h3-4,7,9,13-14H,5-6,8H2,1-2H3. The molecule has 1 aliphatic heterocycles. The highest BCUT2D eigenvalue weighted by molar-refractivity contribution is 8.00. The number of hydrogen-bond donors (Lipinski definition) is 1. The van der Waals surface area contributed by atoms with Crippen LogP contribution in [0.1, 0.15) is 13.8 Å². The number of fused-ring (bicyclic) bond motifs is 1. The van der Waals surface area contributed by atoms with Crippen LogP contribution in [0.25, 0.3) is 0 Å². The van der Waals surface area contributed by atoms with Crippen molar-refractivity contribution in [1.29, 1.82) is 0 Å². The zero-order valence-corrected chi connectivity index (χ0v) is 11.0. The van der Waals surface area contributed by atoms with E-state index in [0.29, 0.717) is 19.1 Å². The monoisotopic (exact) mass is 254 g/mol. The molecule has 0 bridgehead atoms. The summed E-state index contributed by atoms with van der Waals surface area (Å²) in [4.78, 5) is 1.11. The number of rotatable bonds is 4. The fourth-order valence-corrected chi connectivity index (χ4v) is 2.67. The first-order chi connectivity index (χ1) is 8.20. The number of ether oxygens (including phenoxy) is 2. The minimum Gasteiger partial charge on any atom is -0.486 e. The zero-order chi connectivity index (χ0) is 12.3. The Bertz CT molecular complexity index is 379. The maximum absolute atomic E-state index is 9.32. The molecule has 1 atom stereocenters. The van der Waals surface area contributed by atoms with Crippen LogP contribution in [0.3, 0.4) is 0 Å². The fourth-order valence-electron chi connectivity index (χ4n) is 1.66. The van der Waals surface area contributed by atoms with E-state index in [1.54, 1.807) is 11.8 Å². The number of aliphatic hydroxyl groups excluding tert-OH is 1. The van der Waals surface area contributed by atoms with Gasteiger partial charge in [-0.25, -0.2) is 0 Å². The molecule has 2 rings (SSSR count). The van der Waals surface area contributed by atoms with Gasteiger partial charge in [0.05, 0.1) is 6.61 Å². The molecule has 1 N–H and O–H groups in total. The molecule has 4 heteroatoms. The van der Waals surface area contributed by atoms with E-state index in [9.17, 15) is 5.11 Å². The lowest BCUT2D eigenvalue weighted by Gasteiger charge is -2.21. The van der Waals surface area contributed by atoms with Gasteiger partial charge in [0.1, 0.15) is 13.2 Å². The van der Waals surface area contributed by atoms with Crippen molar-refractivity contribution in [2.75, 3.05) is 19.8 Å². The van der Waals surface area contributed by atoms with Gasteiger partial charge in [0.2, 0.25) is 0 Å². The normalized spacial score (nSPS) is 16.0. The Labute approximate surface area is 106 Å². The molecule has 3 nitrogen and oxygen atoms in total. The summed E-state index contributed by atoms with van der Waals surface area (Å²) in [7, 11) is 0. The summed E-state index contributed by atoms with van der Waals surface area (Å²) in [5.74, 6) is 2.06. The van der Waals surface area contributed by atoms with E-state index in [1.807, 2.05) is 18.2 Å². The third kappa shape index (κ3) is 3.07. The molecule has 1 aromatic rings. The van der Waals surface area contributed by atoms with E-state index in [4.69, 9.17) is 9.47 Å². The van der Waals surface area contributed by atoms with Crippen molar-refractivity contribution >= 4 is 11.8 Å². The molecule has 17 heavy (non-hydrogen) atoms. The van der Waals surface area contributed by atoms with Crippen molar-refractivity contribution in [2.45, 2.75) is 24.0 Å². The van der Waals surface area contributed by atoms with Gasteiger partial charge in [0, 0.05) is 10.1 Å². The number of benzene rings is 1. The fraction of sp³-hybridized carbons (Fsp3) is 0.538. The maximum Gasteiger partial charge on any atom is 0.162 e. The van der Waals surface area contributed by atoms with E-state index < -0.39 is 0 Å². The van der Waals surface area contributed by atoms with Gasteiger partial charge in [-0.1, -0.05) is 13.8 Å². The molecular weight excluding hydrogens is 236 g/mol. The SMILES string of the molecule is CC(C)C(CO)Sc1ccc2c(c1)OCCO2. The average molecular weight is 254 g/mol. The molecule has 94 valence electrons. The molecule has 0 spiro atoms. The van der Waals surface area contributed by atoms with Gasteiger partial charge >= 0.3 is 0 Å². The van der Waals surface area contributed by atoms with Gasteiger partial charge in [-0.05, 0) is 24.1 Å². The Morgan fingerprint density at radius 2 is 1.94 bits per heavy atom. The van der Waals surface area contributed by atoms with E-state index in [2.05, 4.69) is 13.8 Å². The molecular formula is C13H18O3S. The van der Waals surface area contributed by atoms with Gasteiger partial charge in [0.15, 0.2) is 11.5 Å². The smallest absolute Gasteiger partial charge is 0.162 e. The van der Waals surface area contributed by atoms with Gasteiger partial charge in [-0.15, -0.1) is 11.8 Å². The second-order valence-electron chi connectivity index (χ2n) is 4.39. The molecule has 1 heterocycles. The summed E-state index contributed by atoms with van der Waals surface area (Å²) in [5, 5.41) is 9.54. The first-order valence-electron chi connectivity index (χ1n) is 5.88. The van der Waals surface area contributed by atoms with Crippen LogP contribution in [0.15, 0.2) is 23.1 Å². The molecule has 0 aliphatic carbocycles. The predicted molar refractivity (Wildman–Crippen MR) is 69.0 cm³/mol. The summed E-state index contributed by atoms with van der Waals surface area (Å²) in [6, 6.07) is 5.94. The predicted octanol–water partition coefficient (Wildman–Crippen LogP) is 2.57. The van der Waals surface area contributed by atoms with Crippen LogP contribution in [0.4, 0.5) is 0 Å². The van der Waals surface area contributed by atoms with Crippen LogP contribution in [0.2, 0.25) is 0 Å². The third-order valence-electron chi connectivity index (χ3n) is 2.72. The average Bonchev–Trinajstić information content (AvgIpc) is 2.35. The second kappa shape index (κ2) is 5.65. The number of hydrogen-bond acceptors (Lipinski definition) is 4. The Kier molecular flexibility index (Phi) is 4.18. The summed E-state index contributed by atoms with van der Waals surface area (Å²) in [6.07, 6.45) is 0. The van der Waals surface area contributed by atoms with Crippen LogP contribution in [-0.4, -0.2) is 30.2 Å². The van der Waals surface area contributed by atoms with Crippen molar-refractivity contribution in [3.63, 3.8) is 0 Å². The van der Waals surface area contributed by atoms with Gasteiger partial charge in [0.25, 0.3) is 0 Å². The number of aliphatic hydroxyl groups is 1. The summed E-state index contributed by atoms with van der Waals surface area (Å²) >= 11 is 1.68. The quantitative estimate of drug-likeness (QED) is 0.838. The summed E-state index contributed by atoms with van der Waals surface area (Å²) in [5.41, 5.74) is 0. The first kappa shape index (κ1) is 12.6. The van der Waals surface area contributed by atoms with E-state index >= 15 is 0 Å². The molecule has 0 saturated heterocycles. The number of thioether (sulfide) groups is 1. The molecule has 0 saturated carbocycles. The van der Waals surface area contributed by atoms with Gasteiger partial charge in [-0.2, -0.15) is 0 Å². The largest absolute Gasteiger partial charge is 0.486 e. The van der Waals surface area contributed by atoms with E-state index in [1.165, 1.54) is 0 Å². The molecule has 0 radical (unpaired) electrons. The Hall–Kier alpha value is -0.870. The maximum atomic E-state index is 9.32. The van der Waals surface area contributed by atoms with Crippen molar-refractivity contribution in [2.24, 2.45) is 5.92 Å². The molecule has 1 aliphatic rings. The highest BCUT2D eigenvalue weighted by Crippen LogP contribution is 2.36. The molecule has 0 fully saturated rings. The lowest BCUT2D eigenvalue weighted by molar-refractivity contribution is 0.171. The lowest BCUT2D eigenvalue weighted by atomic mass is 10.1. The van der Waals surface area contributed by atoms with Crippen LogP contribution < -0.4 is 9.47 Å². The van der Waals surface area contributed by atoms with Crippen molar-refractivity contribution in [3.05, 3.63) is 18.2 Å². The zero-order valence-electron chi connectivity index (χ0n) is 10.2. The van der Waals surface area contributed by atoms with Gasteiger partial charge in [-0.3, -0.25) is 0 Å². The minimum atomic E-state index is 0.191. The third-order valence-corrected chi connectivity index (χ3v) is 4.25. The van der Waals surface area contributed by atoms with Crippen molar-refractivity contribution in [3.8, 4) is 11.5 Å². The van der Waals surface area contributed by atoms with Crippen molar-refractivity contribution < 1.29 is 14.6 Å². The summed E-state index contributed by atoms with van der Waals surface area (Å²) < 4.78 is 11.0. The van der Waals surface area contributed by atoms with E-state index in [-0.39, 0.29) is 11.9 Å². The lowest BCUT2D eigenvalue weighted by Crippen LogP contribution is -2.17. The van der Waals surface area contributed by atoms with Crippen LogP contribution in [-0.2, 0) is 0 Å². The topological polar surface area (TPSA) is 38.7 Å². The van der Waals surface area contributed by atoms with Crippen molar-refractivity contribution in [1.82, 2.24) is 0 Å². The Balaban J connectivity index is 2.11. The van der Waals surface area contributed by atoms with Gasteiger partial charge < -0.3 is 14.6 Å². The molecule has 1 aromatic carbocycles. The minimum absolute atomic E-state index is 0.191. The Morgan fingerprint density at radius 3 is 2.59 bits per heavy atom. The highest BCUT2D eigenvalue weighted by atomic mass is 32.2. The van der Waals surface area contributed by atoms with Crippen LogP contribution in [0, 0.1) is 5.92 Å². The molecule has 0 amide bonds. The summed E-state index contributed by atoms with van der Waals surface area (Å²) in [6.45, 7) is 5.65. The van der Waals surface area contributed by atoms with Crippen LogP contribution in [0.5, 0.6) is 11.5 Å². The first-order valence-corrected chi connectivity index (χ1v) is 6.76. The Morgan fingerprint density at radius 1 is 1.24 bits per heavy atom. The van der Waals surface area contributed by atoms with Crippen LogP contribution >= 0.6 is 11.8 Å².